The summed E-state index contributed by atoms with van der Waals surface area (Å²) >= 11 is 4.74. The molecule has 0 aliphatic rings. The van der Waals surface area contributed by atoms with E-state index in [9.17, 15) is 4.79 Å². The lowest BCUT2D eigenvalue weighted by molar-refractivity contribution is 0.209. The van der Waals surface area contributed by atoms with E-state index in [1.165, 1.54) is 11.3 Å². The minimum atomic E-state index is -1.11. The third-order valence-electron chi connectivity index (χ3n) is 1.36. The van der Waals surface area contributed by atoms with Gasteiger partial charge in [0.2, 0.25) is 0 Å². The van der Waals surface area contributed by atoms with Gasteiger partial charge in [0.15, 0.2) is 10.8 Å². The lowest BCUT2D eigenvalue weighted by atomic mass is 10.7. The summed E-state index contributed by atoms with van der Waals surface area (Å²) in [6.45, 7) is 0. The highest BCUT2D eigenvalue weighted by atomic mass is 79.9. The van der Waals surface area contributed by atoms with Gasteiger partial charge >= 0.3 is 6.09 Å². The van der Waals surface area contributed by atoms with Gasteiger partial charge < -0.3 is 5.11 Å². The predicted octanol–water partition coefficient (Wildman–Crippen LogP) is 2.25. The van der Waals surface area contributed by atoms with Crippen LogP contribution < -0.4 is 5.32 Å². The number of fused-ring (bicyclic) bond motifs is 1. The van der Waals surface area contributed by atoms with Gasteiger partial charge in [0.05, 0.1) is 9.98 Å². The Bertz CT molecular complexity index is 432. The van der Waals surface area contributed by atoms with Gasteiger partial charge in [-0.15, -0.1) is 0 Å². The first-order valence-corrected chi connectivity index (χ1v) is 4.90. The van der Waals surface area contributed by atoms with Crippen molar-refractivity contribution in [2.75, 3.05) is 5.32 Å². The molecule has 2 rings (SSSR count). The number of carboxylic acid groups (broad SMARTS) is 1. The summed E-state index contributed by atoms with van der Waals surface area (Å²) < 4.78 is 2.71. The van der Waals surface area contributed by atoms with E-state index >= 15 is 0 Å². The number of nitrogens with zero attached hydrogens (tertiary/aromatic N) is 2. The van der Waals surface area contributed by atoms with Gasteiger partial charge in [-0.1, -0.05) is 11.3 Å². The summed E-state index contributed by atoms with van der Waals surface area (Å²) in [6.07, 6.45) is 2.33. The molecule has 0 aromatic carbocycles. The molecule has 13 heavy (non-hydrogen) atoms. The highest BCUT2D eigenvalue weighted by Crippen LogP contribution is 2.23. The van der Waals surface area contributed by atoms with Crippen LogP contribution in [0.1, 0.15) is 0 Å². The van der Waals surface area contributed by atoms with Crippen molar-refractivity contribution in [3.8, 4) is 0 Å². The molecule has 0 bridgehead atoms. The van der Waals surface area contributed by atoms with Crippen LogP contribution in [-0.2, 0) is 0 Å². The van der Waals surface area contributed by atoms with Crippen molar-refractivity contribution in [2.24, 2.45) is 0 Å². The predicted molar refractivity (Wildman–Crippen MR) is 52.4 cm³/mol. The van der Waals surface area contributed by atoms with E-state index in [-0.39, 0.29) is 0 Å². The average Bonchev–Trinajstić information content (AvgIpc) is 2.41. The third-order valence-corrected chi connectivity index (χ3v) is 2.84. The maximum absolute atomic E-state index is 10.3. The molecule has 0 fully saturated rings. The Kier molecular flexibility index (Phi) is 1.97. The largest absolute Gasteiger partial charge is 0.465 e. The zero-order valence-corrected chi connectivity index (χ0v) is 8.59. The maximum atomic E-state index is 10.3. The molecule has 0 spiro atoms. The van der Waals surface area contributed by atoms with Gasteiger partial charge in [0.25, 0.3) is 0 Å². The average molecular weight is 262 g/mol. The van der Waals surface area contributed by atoms with E-state index in [2.05, 4.69) is 26.2 Å². The number of anilines is 1. The minimum Gasteiger partial charge on any atom is -0.465 e. The highest BCUT2D eigenvalue weighted by molar-refractivity contribution is 9.11. The number of halogens is 1. The van der Waals surface area contributed by atoms with Crippen LogP contribution in [0, 0.1) is 0 Å². The van der Waals surface area contributed by atoms with Crippen molar-refractivity contribution in [2.45, 2.75) is 0 Å². The number of nitrogens with one attached hydrogen (secondary N) is 1. The number of aromatic nitrogens is 2. The van der Waals surface area contributed by atoms with Crippen molar-refractivity contribution in [3.63, 3.8) is 0 Å². The Hall–Kier alpha value is -1.08. The van der Waals surface area contributed by atoms with E-state index in [1.54, 1.807) is 10.6 Å². The van der Waals surface area contributed by atoms with Crippen LogP contribution >= 0.6 is 27.3 Å². The molecule has 0 aliphatic carbocycles. The van der Waals surface area contributed by atoms with Crippen LogP contribution in [0.3, 0.4) is 0 Å². The van der Waals surface area contributed by atoms with Gasteiger partial charge in [0.1, 0.15) is 0 Å². The molecule has 7 heteroatoms. The van der Waals surface area contributed by atoms with Gasteiger partial charge in [-0.25, -0.2) is 9.78 Å². The molecular weight excluding hydrogens is 258 g/mol. The van der Waals surface area contributed by atoms with Crippen LogP contribution in [0.5, 0.6) is 0 Å². The van der Waals surface area contributed by atoms with Crippen molar-refractivity contribution >= 4 is 44.1 Å². The normalized spacial score (nSPS) is 10.5. The van der Waals surface area contributed by atoms with Gasteiger partial charge in [-0.2, -0.15) is 0 Å². The molecule has 0 unspecified atom stereocenters. The van der Waals surface area contributed by atoms with Gasteiger partial charge in [-0.3, -0.25) is 9.72 Å². The lowest BCUT2D eigenvalue weighted by Gasteiger charge is -1.90. The van der Waals surface area contributed by atoms with Crippen molar-refractivity contribution in [1.29, 1.82) is 0 Å². The molecule has 5 nitrogen and oxygen atoms in total. The second-order valence-electron chi connectivity index (χ2n) is 2.28. The molecule has 0 aliphatic heterocycles. The second-order valence-corrected chi connectivity index (χ2v) is 4.67. The Morgan fingerprint density at radius 1 is 1.69 bits per heavy atom. The zero-order chi connectivity index (χ0) is 9.42. The van der Waals surface area contributed by atoms with Crippen molar-refractivity contribution in [3.05, 3.63) is 16.2 Å². The van der Waals surface area contributed by atoms with Crippen LogP contribution in [0.25, 0.3) is 4.96 Å². The van der Waals surface area contributed by atoms with Crippen molar-refractivity contribution in [1.82, 2.24) is 9.38 Å². The maximum Gasteiger partial charge on any atom is 0.410 e. The molecule has 2 heterocycles. The van der Waals surface area contributed by atoms with E-state index in [4.69, 9.17) is 5.11 Å². The number of thiazole rings is 1. The van der Waals surface area contributed by atoms with Crippen molar-refractivity contribution < 1.29 is 9.90 Å². The number of amides is 1. The lowest BCUT2D eigenvalue weighted by Crippen LogP contribution is -2.07. The molecular formula is C6H4BrN3O2S. The molecule has 0 saturated heterocycles. The summed E-state index contributed by atoms with van der Waals surface area (Å²) in [7, 11) is 0. The SMILES string of the molecule is O=C(O)Nc1cn2cc(Br)sc2n1. The summed E-state index contributed by atoms with van der Waals surface area (Å²) in [4.78, 5) is 15.0. The summed E-state index contributed by atoms with van der Waals surface area (Å²) in [5.74, 6) is 0.339. The summed E-state index contributed by atoms with van der Waals surface area (Å²) in [6, 6.07) is 0. The number of hydrogen-bond donors (Lipinski definition) is 2. The summed E-state index contributed by atoms with van der Waals surface area (Å²) in [5.41, 5.74) is 0. The fourth-order valence-corrected chi connectivity index (χ4v) is 2.29. The topological polar surface area (TPSA) is 66.6 Å². The molecule has 68 valence electrons. The number of hydrogen-bond acceptors (Lipinski definition) is 3. The standard InChI is InChI=1S/C6H4BrN3O2S/c7-3-1-10-2-4(9-6(11)12)8-5(10)13-3/h1-2,9H,(H,11,12). The fraction of sp³-hybridized carbons (Fsp3) is 0. The van der Waals surface area contributed by atoms with E-state index in [1.807, 2.05) is 6.20 Å². The van der Waals surface area contributed by atoms with E-state index < -0.39 is 6.09 Å². The van der Waals surface area contributed by atoms with E-state index in [0.717, 1.165) is 8.75 Å². The van der Waals surface area contributed by atoms with Crippen LogP contribution in [0.15, 0.2) is 16.2 Å². The minimum absolute atomic E-state index is 0.339. The Labute approximate surface area is 85.1 Å². The zero-order valence-electron chi connectivity index (χ0n) is 6.19. The molecule has 1 amide bonds. The Balaban J connectivity index is 2.39. The first kappa shape index (κ1) is 8.52. The smallest absolute Gasteiger partial charge is 0.410 e. The first-order valence-electron chi connectivity index (χ1n) is 3.29. The number of imidazole rings is 1. The number of carbonyl (C=O) groups is 1. The fourth-order valence-electron chi connectivity index (χ4n) is 0.937. The van der Waals surface area contributed by atoms with Crippen LogP contribution in [0.2, 0.25) is 0 Å². The molecule has 2 N–H and O–H groups in total. The quantitative estimate of drug-likeness (QED) is 0.828. The molecule has 2 aromatic heterocycles. The Morgan fingerprint density at radius 2 is 2.46 bits per heavy atom. The van der Waals surface area contributed by atoms with Crippen LogP contribution in [-0.4, -0.2) is 20.6 Å². The third kappa shape index (κ3) is 1.65. The molecule has 0 atom stereocenters. The summed E-state index contributed by atoms with van der Waals surface area (Å²) in [5, 5.41) is 10.6. The van der Waals surface area contributed by atoms with Gasteiger partial charge in [0, 0.05) is 6.20 Å². The monoisotopic (exact) mass is 261 g/mol. The number of rotatable bonds is 1. The van der Waals surface area contributed by atoms with E-state index in [0.29, 0.717) is 5.82 Å². The van der Waals surface area contributed by atoms with Gasteiger partial charge in [-0.05, 0) is 15.9 Å². The Morgan fingerprint density at radius 3 is 3.08 bits per heavy atom. The highest BCUT2D eigenvalue weighted by Gasteiger charge is 2.06. The molecule has 0 saturated carbocycles. The first-order chi connectivity index (χ1) is 6.15. The molecule has 0 radical (unpaired) electrons. The molecule has 2 aromatic rings. The second kappa shape index (κ2) is 3.00. The van der Waals surface area contributed by atoms with Crippen LogP contribution in [0.4, 0.5) is 10.6 Å².